The lowest BCUT2D eigenvalue weighted by atomic mass is 10.2. The van der Waals surface area contributed by atoms with E-state index in [4.69, 9.17) is 10.00 Å². The van der Waals surface area contributed by atoms with Gasteiger partial charge < -0.3 is 4.74 Å². The summed E-state index contributed by atoms with van der Waals surface area (Å²) in [5.74, 6) is 0.617. The van der Waals surface area contributed by atoms with Crippen molar-refractivity contribution >= 4 is 10.9 Å². The Labute approximate surface area is 116 Å². The molecule has 20 heavy (non-hydrogen) atoms. The van der Waals surface area contributed by atoms with Gasteiger partial charge in [-0.1, -0.05) is 30.3 Å². The summed E-state index contributed by atoms with van der Waals surface area (Å²) in [6, 6.07) is 17.4. The Morgan fingerprint density at radius 3 is 2.80 bits per heavy atom. The fourth-order valence-electron chi connectivity index (χ4n) is 2.13. The van der Waals surface area contributed by atoms with Gasteiger partial charge >= 0.3 is 0 Å². The molecule has 2 aromatic carbocycles. The Hall–Kier alpha value is -2.80. The molecule has 0 aliphatic rings. The van der Waals surface area contributed by atoms with Crippen LogP contribution in [-0.2, 0) is 6.54 Å². The Balaban J connectivity index is 1.70. The highest BCUT2D eigenvalue weighted by Gasteiger charge is 2.04. The molecule has 1 heterocycles. The van der Waals surface area contributed by atoms with E-state index >= 15 is 0 Å². The topological polar surface area (TPSA) is 50.8 Å². The van der Waals surface area contributed by atoms with Gasteiger partial charge in [0.05, 0.1) is 23.8 Å². The van der Waals surface area contributed by atoms with Crippen molar-refractivity contribution in [1.29, 1.82) is 5.26 Å². The smallest absolute Gasteiger partial charge is 0.137 e. The first-order valence-corrected chi connectivity index (χ1v) is 6.41. The molecule has 0 saturated heterocycles. The van der Waals surface area contributed by atoms with E-state index in [1.807, 2.05) is 47.3 Å². The Bertz CT molecular complexity index is 770. The lowest BCUT2D eigenvalue weighted by molar-refractivity contribution is 0.293. The molecule has 0 aliphatic carbocycles. The summed E-state index contributed by atoms with van der Waals surface area (Å²) >= 11 is 0. The first-order chi connectivity index (χ1) is 9.88. The van der Waals surface area contributed by atoms with Gasteiger partial charge in [0.2, 0.25) is 0 Å². The van der Waals surface area contributed by atoms with Crippen LogP contribution in [0.1, 0.15) is 5.56 Å². The molecule has 1 aromatic heterocycles. The third-order valence-electron chi connectivity index (χ3n) is 3.12. The minimum absolute atomic E-state index is 0.477. The normalized spacial score (nSPS) is 10.3. The average Bonchev–Trinajstić information content (AvgIpc) is 2.91. The standard InChI is InChI=1S/C16H13N3O/c17-11-13-5-2-4-8-16(13)20-10-9-19-15-7-3-1-6-14(15)12-18-19/h1-8,12H,9-10H2. The van der Waals surface area contributed by atoms with Crippen LogP contribution in [0.4, 0.5) is 0 Å². The van der Waals surface area contributed by atoms with Crippen molar-refractivity contribution in [2.24, 2.45) is 0 Å². The molecule has 3 aromatic rings. The van der Waals surface area contributed by atoms with E-state index in [9.17, 15) is 0 Å². The highest BCUT2D eigenvalue weighted by Crippen LogP contribution is 2.17. The lowest BCUT2D eigenvalue weighted by Gasteiger charge is -2.08. The first kappa shape index (κ1) is 12.2. The highest BCUT2D eigenvalue weighted by molar-refractivity contribution is 5.78. The number of benzene rings is 2. The van der Waals surface area contributed by atoms with E-state index < -0.39 is 0 Å². The number of fused-ring (bicyclic) bond motifs is 1. The van der Waals surface area contributed by atoms with Crippen LogP contribution in [0.5, 0.6) is 5.75 Å². The molecule has 0 atom stereocenters. The molecule has 0 fully saturated rings. The minimum atomic E-state index is 0.477. The molecule has 0 bridgehead atoms. The van der Waals surface area contributed by atoms with Crippen molar-refractivity contribution in [1.82, 2.24) is 9.78 Å². The monoisotopic (exact) mass is 263 g/mol. The van der Waals surface area contributed by atoms with E-state index in [0.29, 0.717) is 24.5 Å². The molecule has 4 heteroatoms. The number of rotatable bonds is 4. The number of hydrogen-bond acceptors (Lipinski definition) is 3. The van der Waals surface area contributed by atoms with E-state index in [1.165, 1.54) is 0 Å². The number of ether oxygens (including phenoxy) is 1. The predicted octanol–water partition coefficient (Wildman–Crippen LogP) is 2.99. The number of hydrogen-bond donors (Lipinski definition) is 0. The molecular formula is C16H13N3O. The van der Waals surface area contributed by atoms with E-state index in [2.05, 4.69) is 11.2 Å². The molecule has 0 saturated carbocycles. The summed E-state index contributed by atoms with van der Waals surface area (Å²) in [6.07, 6.45) is 1.85. The van der Waals surface area contributed by atoms with Crippen LogP contribution in [0.2, 0.25) is 0 Å². The van der Waals surface area contributed by atoms with Gasteiger partial charge in [-0.2, -0.15) is 10.4 Å². The van der Waals surface area contributed by atoms with Crippen molar-refractivity contribution < 1.29 is 4.74 Å². The van der Waals surface area contributed by atoms with Gasteiger partial charge in [-0.05, 0) is 18.2 Å². The van der Waals surface area contributed by atoms with Crippen molar-refractivity contribution in [3.05, 3.63) is 60.3 Å². The second kappa shape index (κ2) is 5.45. The molecular weight excluding hydrogens is 250 g/mol. The summed E-state index contributed by atoms with van der Waals surface area (Å²) in [4.78, 5) is 0. The van der Waals surface area contributed by atoms with Crippen LogP contribution < -0.4 is 4.74 Å². The summed E-state index contributed by atoms with van der Waals surface area (Å²) in [5.41, 5.74) is 1.64. The molecule has 0 N–H and O–H groups in total. The second-order valence-corrected chi connectivity index (χ2v) is 4.38. The first-order valence-electron chi connectivity index (χ1n) is 6.41. The van der Waals surface area contributed by atoms with Crippen LogP contribution in [0.3, 0.4) is 0 Å². The Kier molecular flexibility index (Phi) is 3.34. The maximum Gasteiger partial charge on any atom is 0.137 e. The molecule has 0 radical (unpaired) electrons. The van der Waals surface area contributed by atoms with E-state index in [1.54, 1.807) is 12.1 Å². The third-order valence-corrected chi connectivity index (χ3v) is 3.12. The number of nitriles is 1. The van der Waals surface area contributed by atoms with Crippen LogP contribution in [0.25, 0.3) is 10.9 Å². The quantitative estimate of drug-likeness (QED) is 0.727. The Morgan fingerprint density at radius 1 is 1.10 bits per heavy atom. The van der Waals surface area contributed by atoms with Crippen LogP contribution >= 0.6 is 0 Å². The molecule has 0 aliphatic heterocycles. The van der Waals surface area contributed by atoms with Gasteiger partial charge in [0, 0.05) is 5.39 Å². The Morgan fingerprint density at radius 2 is 1.90 bits per heavy atom. The van der Waals surface area contributed by atoms with Gasteiger partial charge in [-0.3, -0.25) is 4.68 Å². The zero-order chi connectivity index (χ0) is 13.8. The average molecular weight is 263 g/mol. The predicted molar refractivity (Wildman–Crippen MR) is 76.4 cm³/mol. The molecule has 98 valence electrons. The van der Waals surface area contributed by atoms with E-state index in [0.717, 1.165) is 10.9 Å². The largest absolute Gasteiger partial charge is 0.490 e. The third kappa shape index (κ3) is 2.34. The van der Waals surface area contributed by atoms with Gasteiger partial charge in [0.1, 0.15) is 18.4 Å². The second-order valence-electron chi connectivity index (χ2n) is 4.38. The minimum Gasteiger partial charge on any atom is -0.490 e. The van der Waals surface area contributed by atoms with Crippen molar-refractivity contribution in [3.8, 4) is 11.8 Å². The SMILES string of the molecule is N#Cc1ccccc1OCCn1ncc2ccccc21. The maximum absolute atomic E-state index is 9.00. The van der Waals surface area contributed by atoms with Gasteiger partial charge in [0.25, 0.3) is 0 Å². The van der Waals surface area contributed by atoms with Crippen molar-refractivity contribution in [2.75, 3.05) is 6.61 Å². The van der Waals surface area contributed by atoms with Crippen LogP contribution in [0, 0.1) is 11.3 Å². The molecule has 4 nitrogen and oxygen atoms in total. The summed E-state index contributed by atoms with van der Waals surface area (Å²) in [6.45, 7) is 1.12. The number of nitrogens with zero attached hydrogens (tertiary/aromatic N) is 3. The maximum atomic E-state index is 9.00. The van der Waals surface area contributed by atoms with Gasteiger partial charge in [0.15, 0.2) is 0 Å². The van der Waals surface area contributed by atoms with Crippen LogP contribution in [0.15, 0.2) is 54.7 Å². The highest BCUT2D eigenvalue weighted by atomic mass is 16.5. The summed E-state index contributed by atoms with van der Waals surface area (Å²) in [7, 11) is 0. The lowest BCUT2D eigenvalue weighted by Crippen LogP contribution is -2.09. The molecule has 0 spiro atoms. The number of aromatic nitrogens is 2. The molecule has 0 unspecified atom stereocenters. The molecule has 3 rings (SSSR count). The van der Waals surface area contributed by atoms with Gasteiger partial charge in [-0.25, -0.2) is 0 Å². The van der Waals surface area contributed by atoms with Crippen LogP contribution in [-0.4, -0.2) is 16.4 Å². The fourth-order valence-corrected chi connectivity index (χ4v) is 2.13. The van der Waals surface area contributed by atoms with Crippen molar-refractivity contribution in [2.45, 2.75) is 6.54 Å². The van der Waals surface area contributed by atoms with Crippen molar-refractivity contribution in [3.63, 3.8) is 0 Å². The number of para-hydroxylation sites is 2. The van der Waals surface area contributed by atoms with E-state index in [-0.39, 0.29) is 0 Å². The zero-order valence-electron chi connectivity index (χ0n) is 10.9. The summed E-state index contributed by atoms with van der Waals surface area (Å²) < 4.78 is 7.57. The molecule has 0 amide bonds. The van der Waals surface area contributed by atoms with Gasteiger partial charge in [-0.15, -0.1) is 0 Å². The summed E-state index contributed by atoms with van der Waals surface area (Å²) in [5, 5.41) is 14.5. The zero-order valence-corrected chi connectivity index (χ0v) is 10.9. The fraction of sp³-hybridized carbons (Fsp3) is 0.125.